The van der Waals surface area contributed by atoms with Gasteiger partial charge in [0.15, 0.2) is 5.75 Å². The second kappa shape index (κ2) is 9.38. The summed E-state index contributed by atoms with van der Waals surface area (Å²) in [6.45, 7) is 2.23. The number of anilines is 3. The van der Waals surface area contributed by atoms with Gasteiger partial charge in [-0.2, -0.15) is 0 Å². The number of hydrogen-bond acceptors (Lipinski definition) is 7. The quantitative estimate of drug-likeness (QED) is 0.296. The van der Waals surface area contributed by atoms with Crippen LogP contribution in [-0.4, -0.2) is 39.6 Å². The van der Waals surface area contributed by atoms with Gasteiger partial charge in [0.25, 0.3) is 16.8 Å². The van der Waals surface area contributed by atoms with Gasteiger partial charge in [0.05, 0.1) is 17.3 Å². The zero-order valence-corrected chi connectivity index (χ0v) is 18.6. The van der Waals surface area contributed by atoms with Crippen LogP contribution >= 0.6 is 0 Å². The number of carbonyl (C=O) groups excluding carboxylic acids is 1. The monoisotopic (exact) mass is 463 g/mol. The van der Waals surface area contributed by atoms with Gasteiger partial charge >= 0.3 is 5.97 Å². The number of amides is 1. The van der Waals surface area contributed by atoms with Crippen molar-refractivity contribution in [3.63, 3.8) is 0 Å². The van der Waals surface area contributed by atoms with E-state index >= 15 is 0 Å². The fourth-order valence-corrected chi connectivity index (χ4v) is 4.30. The lowest BCUT2D eigenvalue weighted by Crippen LogP contribution is -2.40. The van der Waals surface area contributed by atoms with Crippen LogP contribution in [0.25, 0.3) is 0 Å². The first kappa shape index (κ1) is 23.0. The van der Waals surface area contributed by atoms with Gasteiger partial charge in [-0.1, -0.05) is 43.3 Å². The second-order valence-corrected chi connectivity index (χ2v) is 8.25. The number of hydrogen-bond donors (Lipinski definition) is 4. The Morgan fingerprint density at radius 1 is 1.06 bits per heavy atom. The number of aliphatic carboxylic acids is 1. The predicted molar refractivity (Wildman–Crippen MR) is 128 cm³/mol. The molecular weight excluding hydrogens is 438 g/mol. The molecule has 0 saturated carbocycles. The van der Waals surface area contributed by atoms with Gasteiger partial charge in [0.1, 0.15) is 17.4 Å². The maximum atomic E-state index is 13.0. The normalized spacial score (nSPS) is 16.4. The van der Waals surface area contributed by atoms with Crippen molar-refractivity contribution in [2.75, 3.05) is 17.2 Å². The molecule has 1 fully saturated rings. The Bertz CT molecular complexity index is 1300. The standard InChI is InChI=1S/C25H25N3O6/c1-2-16(14-8-4-3-5-9-14)26-19-20(23(31)22(19)30)27-17-11-6-10-15(21(17)29)24(32)28-13-7-12-18(28)25(33)34/h3-6,8-11,16,18,26-27,29H,2,7,12-13H2,1H3,(H,33,34)/t16-,18?/m1/s1. The molecule has 1 heterocycles. The lowest BCUT2D eigenvalue weighted by atomic mass is 10.0. The van der Waals surface area contributed by atoms with Crippen molar-refractivity contribution in [2.45, 2.75) is 38.3 Å². The lowest BCUT2D eigenvalue weighted by molar-refractivity contribution is -0.141. The van der Waals surface area contributed by atoms with Crippen LogP contribution in [0.15, 0.2) is 58.1 Å². The number of likely N-dealkylation sites (tertiary alicyclic amines) is 1. The highest BCUT2D eigenvalue weighted by Gasteiger charge is 2.35. The van der Waals surface area contributed by atoms with Gasteiger partial charge in [-0.25, -0.2) is 4.79 Å². The number of carboxylic acid groups (broad SMARTS) is 1. The number of carbonyl (C=O) groups is 2. The van der Waals surface area contributed by atoms with Crippen LogP contribution in [0, 0.1) is 0 Å². The molecule has 2 atom stereocenters. The lowest BCUT2D eigenvalue weighted by Gasteiger charge is -2.23. The second-order valence-electron chi connectivity index (χ2n) is 8.25. The van der Waals surface area contributed by atoms with Crippen LogP contribution in [0.1, 0.15) is 48.1 Å². The molecule has 1 aliphatic rings. The van der Waals surface area contributed by atoms with Gasteiger partial charge in [-0.15, -0.1) is 0 Å². The Hall–Kier alpha value is -4.14. The summed E-state index contributed by atoms with van der Waals surface area (Å²) in [5.74, 6) is -2.12. The molecule has 0 aliphatic carbocycles. The number of nitrogens with zero attached hydrogens (tertiary/aromatic N) is 1. The summed E-state index contributed by atoms with van der Waals surface area (Å²) in [6.07, 6.45) is 1.57. The van der Waals surface area contributed by atoms with Gasteiger partial charge in [0, 0.05) is 6.54 Å². The molecule has 3 aromatic carbocycles. The summed E-state index contributed by atoms with van der Waals surface area (Å²) in [4.78, 5) is 50.2. The first-order valence-electron chi connectivity index (χ1n) is 11.1. The molecule has 1 amide bonds. The molecule has 4 N–H and O–H groups in total. The average Bonchev–Trinajstić information content (AvgIpc) is 3.35. The van der Waals surface area contributed by atoms with Crippen LogP contribution in [-0.2, 0) is 4.79 Å². The minimum absolute atomic E-state index is 0.00358. The third-order valence-corrected chi connectivity index (χ3v) is 6.16. The van der Waals surface area contributed by atoms with E-state index in [2.05, 4.69) is 10.6 Å². The number of nitrogens with one attached hydrogen (secondary N) is 2. The fraction of sp³-hybridized carbons (Fsp3) is 0.280. The summed E-state index contributed by atoms with van der Waals surface area (Å²) in [5, 5.41) is 26.0. The largest absolute Gasteiger partial charge is 0.505 e. The Kier molecular flexibility index (Phi) is 6.36. The number of phenols is 1. The molecule has 4 rings (SSSR count). The van der Waals surface area contributed by atoms with Crippen LogP contribution in [0.3, 0.4) is 0 Å². The van der Waals surface area contributed by atoms with Gasteiger partial charge in [0.2, 0.25) is 0 Å². The molecule has 1 unspecified atom stereocenters. The third-order valence-electron chi connectivity index (χ3n) is 6.16. The van der Waals surface area contributed by atoms with E-state index in [1.165, 1.54) is 23.1 Å². The van der Waals surface area contributed by atoms with E-state index < -0.39 is 34.5 Å². The fourth-order valence-electron chi connectivity index (χ4n) is 4.30. The molecule has 9 nitrogen and oxygen atoms in total. The Morgan fingerprint density at radius 3 is 2.44 bits per heavy atom. The minimum atomic E-state index is -1.09. The zero-order chi connectivity index (χ0) is 24.4. The van der Waals surface area contributed by atoms with E-state index in [1.807, 2.05) is 37.3 Å². The van der Waals surface area contributed by atoms with Crippen molar-refractivity contribution >= 4 is 28.9 Å². The van der Waals surface area contributed by atoms with Crippen molar-refractivity contribution < 1.29 is 19.8 Å². The summed E-state index contributed by atoms with van der Waals surface area (Å²) >= 11 is 0. The number of benzene rings is 2. The first-order valence-corrected chi connectivity index (χ1v) is 11.1. The molecule has 0 radical (unpaired) electrons. The highest BCUT2D eigenvalue weighted by molar-refractivity contribution is 6.01. The number of carboxylic acids is 1. The topological polar surface area (TPSA) is 136 Å². The zero-order valence-electron chi connectivity index (χ0n) is 18.6. The number of phenolic OH excluding ortho intramolecular Hbond substituents is 1. The molecule has 0 bridgehead atoms. The number of rotatable bonds is 8. The highest BCUT2D eigenvalue weighted by Crippen LogP contribution is 2.34. The van der Waals surface area contributed by atoms with E-state index in [4.69, 9.17) is 0 Å². The Morgan fingerprint density at radius 2 is 1.76 bits per heavy atom. The van der Waals surface area contributed by atoms with Crippen LogP contribution in [0.4, 0.5) is 17.1 Å². The van der Waals surface area contributed by atoms with Crippen molar-refractivity contribution in [1.82, 2.24) is 4.90 Å². The molecule has 0 aromatic heterocycles. The summed E-state index contributed by atoms with van der Waals surface area (Å²) < 4.78 is 0. The molecule has 34 heavy (non-hydrogen) atoms. The molecule has 9 heteroatoms. The summed E-state index contributed by atoms with van der Waals surface area (Å²) in [6, 6.07) is 12.7. The molecule has 1 saturated heterocycles. The van der Waals surface area contributed by atoms with Crippen molar-refractivity contribution in [3.05, 3.63) is 80.1 Å². The molecule has 176 valence electrons. The summed E-state index contributed by atoms with van der Waals surface area (Å²) in [5.41, 5.74) is -0.330. The Balaban J connectivity index is 1.59. The minimum Gasteiger partial charge on any atom is -0.505 e. The summed E-state index contributed by atoms with van der Waals surface area (Å²) in [7, 11) is 0. The van der Waals surface area contributed by atoms with Crippen molar-refractivity contribution in [1.29, 1.82) is 0 Å². The van der Waals surface area contributed by atoms with Crippen molar-refractivity contribution in [2.24, 2.45) is 0 Å². The molecular formula is C25H25N3O6. The maximum absolute atomic E-state index is 13.0. The third kappa shape index (κ3) is 4.12. The van der Waals surface area contributed by atoms with E-state index in [1.54, 1.807) is 0 Å². The van der Waals surface area contributed by atoms with Crippen LogP contribution in [0.2, 0.25) is 0 Å². The van der Waals surface area contributed by atoms with Crippen LogP contribution < -0.4 is 21.5 Å². The van der Waals surface area contributed by atoms with E-state index in [9.17, 15) is 29.4 Å². The van der Waals surface area contributed by atoms with E-state index in [0.717, 1.165) is 5.56 Å². The van der Waals surface area contributed by atoms with Gasteiger partial charge < -0.3 is 25.7 Å². The smallest absolute Gasteiger partial charge is 0.326 e. The molecule has 3 aromatic rings. The molecule has 0 spiro atoms. The Labute approximate surface area is 195 Å². The van der Waals surface area contributed by atoms with Crippen LogP contribution in [0.5, 0.6) is 5.75 Å². The average molecular weight is 463 g/mol. The molecule has 1 aliphatic heterocycles. The van der Waals surface area contributed by atoms with E-state index in [0.29, 0.717) is 19.3 Å². The number of para-hydroxylation sites is 1. The number of aromatic hydroxyl groups is 1. The van der Waals surface area contributed by atoms with E-state index in [-0.39, 0.29) is 35.2 Å². The SMILES string of the molecule is CC[C@@H](Nc1c(Nc2cccc(C(=O)N3CCCC3C(=O)O)c2O)c(=O)c1=O)c1ccccc1. The predicted octanol–water partition coefficient (Wildman–Crippen LogP) is 2.98. The first-order chi connectivity index (χ1) is 16.3. The highest BCUT2D eigenvalue weighted by atomic mass is 16.4. The van der Waals surface area contributed by atoms with Gasteiger partial charge in [-0.05, 0) is 37.0 Å². The van der Waals surface area contributed by atoms with Crippen molar-refractivity contribution in [3.8, 4) is 5.75 Å². The maximum Gasteiger partial charge on any atom is 0.326 e. The van der Waals surface area contributed by atoms with Gasteiger partial charge in [-0.3, -0.25) is 14.4 Å².